The van der Waals surface area contributed by atoms with E-state index in [1.54, 1.807) is 6.20 Å². The maximum absolute atomic E-state index is 13.3. The molecular weight excluding hydrogens is 399 g/mol. The van der Waals surface area contributed by atoms with Crippen molar-refractivity contribution in [3.63, 3.8) is 0 Å². The van der Waals surface area contributed by atoms with E-state index in [1.165, 1.54) is 21.7 Å². The monoisotopic (exact) mass is 412 g/mol. The van der Waals surface area contributed by atoms with E-state index in [4.69, 9.17) is 11.6 Å². The Hall–Kier alpha value is -1.81. The lowest BCUT2D eigenvalue weighted by Gasteiger charge is -2.33. The molecule has 0 unspecified atom stereocenters. The first kappa shape index (κ1) is 17.6. The van der Waals surface area contributed by atoms with Crippen LogP contribution in [0.5, 0.6) is 0 Å². The molecule has 26 heavy (non-hydrogen) atoms. The Morgan fingerprint density at radius 2 is 1.92 bits per heavy atom. The lowest BCUT2D eigenvalue weighted by Crippen LogP contribution is -2.48. The zero-order chi connectivity index (χ0) is 18.3. The van der Waals surface area contributed by atoms with E-state index in [0.717, 1.165) is 27.6 Å². The van der Waals surface area contributed by atoms with Gasteiger partial charge in [-0.3, -0.25) is 0 Å². The Morgan fingerprint density at radius 1 is 1.15 bits per heavy atom. The fourth-order valence-electron chi connectivity index (χ4n) is 2.80. The largest absolute Gasteiger partial charge is 0.345 e. The van der Waals surface area contributed by atoms with E-state index in [2.05, 4.69) is 14.9 Å². The third-order valence-electron chi connectivity index (χ3n) is 4.19. The highest BCUT2D eigenvalue weighted by molar-refractivity contribution is 7.89. The Labute approximate surface area is 158 Å². The van der Waals surface area contributed by atoms with Gasteiger partial charge in [0.15, 0.2) is 5.13 Å². The summed E-state index contributed by atoms with van der Waals surface area (Å²) in [7, 11) is -3.71. The lowest BCUT2D eigenvalue weighted by molar-refractivity contribution is 0.385. The molecule has 0 N–H and O–H groups in total. The number of nitrogens with zero attached hydrogens (tertiary/aromatic N) is 4. The molecule has 1 fully saturated rings. The number of aromatic nitrogens is 2. The summed E-state index contributed by atoms with van der Waals surface area (Å²) in [4.78, 5) is 11.8. The molecule has 1 aromatic carbocycles. The lowest BCUT2D eigenvalue weighted by atomic mass is 10.3. The standard InChI is InChI=1S/C16H14ClFN4O2S2/c17-12-10-11(3-4-13(12)18)26(23,24)22-8-6-21(7-9-22)16-20-14-2-1-5-19-15(14)25-16/h1-5,10H,6-9H2. The van der Waals surface area contributed by atoms with Gasteiger partial charge < -0.3 is 4.90 Å². The van der Waals surface area contributed by atoms with Crippen LogP contribution in [0.4, 0.5) is 9.52 Å². The van der Waals surface area contributed by atoms with E-state index < -0.39 is 15.8 Å². The number of sulfonamides is 1. The molecule has 0 saturated carbocycles. The smallest absolute Gasteiger partial charge is 0.243 e. The van der Waals surface area contributed by atoms with Gasteiger partial charge in [-0.2, -0.15) is 4.31 Å². The molecule has 0 atom stereocenters. The van der Waals surface area contributed by atoms with Crippen LogP contribution in [0.25, 0.3) is 10.3 Å². The fourth-order valence-corrected chi connectivity index (χ4v) is 5.45. The fraction of sp³-hybridized carbons (Fsp3) is 0.250. The van der Waals surface area contributed by atoms with Gasteiger partial charge in [-0.1, -0.05) is 22.9 Å². The molecule has 0 radical (unpaired) electrons. The third kappa shape index (κ3) is 3.16. The minimum absolute atomic E-state index is 0.00142. The van der Waals surface area contributed by atoms with Crippen LogP contribution in [-0.2, 0) is 10.0 Å². The van der Waals surface area contributed by atoms with E-state index in [0.29, 0.717) is 26.2 Å². The summed E-state index contributed by atoms with van der Waals surface area (Å²) < 4.78 is 40.2. The molecule has 136 valence electrons. The van der Waals surface area contributed by atoms with Crippen LogP contribution in [-0.4, -0.2) is 48.9 Å². The van der Waals surface area contributed by atoms with Gasteiger partial charge in [0.2, 0.25) is 10.0 Å². The van der Waals surface area contributed by atoms with Gasteiger partial charge in [-0.15, -0.1) is 0 Å². The predicted molar refractivity (Wildman–Crippen MR) is 99.8 cm³/mol. The Morgan fingerprint density at radius 3 is 2.62 bits per heavy atom. The average molecular weight is 413 g/mol. The molecule has 3 heterocycles. The zero-order valence-corrected chi connectivity index (χ0v) is 15.9. The summed E-state index contributed by atoms with van der Waals surface area (Å²) in [5, 5.41) is 0.632. The summed E-state index contributed by atoms with van der Waals surface area (Å²) in [6, 6.07) is 7.20. The van der Waals surface area contributed by atoms with Crippen LogP contribution < -0.4 is 4.90 Å². The van der Waals surface area contributed by atoms with Crippen molar-refractivity contribution in [1.29, 1.82) is 0 Å². The Balaban J connectivity index is 1.51. The highest BCUT2D eigenvalue weighted by atomic mass is 35.5. The number of anilines is 1. The molecular formula is C16H14ClFN4O2S2. The van der Waals surface area contributed by atoms with Gasteiger partial charge in [0.25, 0.3) is 0 Å². The highest BCUT2D eigenvalue weighted by Crippen LogP contribution is 2.29. The number of piperazine rings is 1. The normalized spacial score (nSPS) is 16.3. The summed E-state index contributed by atoms with van der Waals surface area (Å²) >= 11 is 7.21. The summed E-state index contributed by atoms with van der Waals surface area (Å²) in [6.45, 7) is 1.68. The number of pyridine rings is 1. The molecule has 1 aliphatic rings. The molecule has 6 nitrogen and oxygen atoms in total. The van der Waals surface area contributed by atoms with Crippen molar-refractivity contribution in [3.8, 4) is 0 Å². The van der Waals surface area contributed by atoms with Crippen molar-refractivity contribution in [3.05, 3.63) is 47.4 Å². The zero-order valence-electron chi connectivity index (χ0n) is 13.5. The molecule has 2 aromatic heterocycles. The molecule has 1 saturated heterocycles. The van der Waals surface area contributed by atoms with E-state index in [-0.39, 0.29) is 9.92 Å². The second kappa shape index (κ2) is 6.73. The van der Waals surface area contributed by atoms with Gasteiger partial charge in [-0.05, 0) is 30.3 Å². The van der Waals surface area contributed by atoms with Crippen LogP contribution in [0.3, 0.4) is 0 Å². The van der Waals surface area contributed by atoms with Crippen LogP contribution >= 0.6 is 22.9 Å². The van der Waals surface area contributed by atoms with Crippen molar-refractivity contribution < 1.29 is 12.8 Å². The van der Waals surface area contributed by atoms with Gasteiger partial charge in [0, 0.05) is 32.4 Å². The maximum Gasteiger partial charge on any atom is 0.243 e. The first-order valence-electron chi connectivity index (χ1n) is 7.87. The molecule has 0 spiro atoms. The maximum atomic E-state index is 13.3. The van der Waals surface area contributed by atoms with Crippen LogP contribution in [0, 0.1) is 5.82 Å². The highest BCUT2D eigenvalue weighted by Gasteiger charge is 2.30. The average Bonchev–Trinajstić information content (AvgIpc) is 3.08. The topological polar surface area (TPSA) is 66.4 Å². The third-order valence-corrected chi connectivity index (χ3v) is 7.42. The van der Waals surface area contributed by atoms with Crippen molar-refractivity contribution in [2.24, 2.45) is 0 Å². The second-order valence-electron chi connectivity index (χ2n) is 5.79. The first-order chi connectivity index (χ1) is 12.4. The quantitative estimate of drug-likeness (QED) is 0.661. The van der Waals surface area contributed by atoms with Gasteiger partial charge >= 0.3 is 0 Å². The summed E-state index contributed by atoms with van der Waals surface area (Å²) in [6.07, 6.45) is 1.72. The summed E-state index contributed by atoms with van der Waals surface area (Å²) in [5.74, 6) is -0.639. The number of rotatable bonds is 3. The Bertz CT molecular complexity index is 1030. The van der Waals surface area contributed by atoms with Gasteiger partial charge in [0.1, 0.15) is 16.2 Å². The SMILES string of the molecule is O=S(=O)(c1ccc(F)c(Cl)c1)N1CCN(c2nc3cccnc3s2)CC1. The summed E-state index contributed by atoms with van der Waals surface area (Å²) in [5.41, 5.74) is 0.837. The van der Waals surface area contributed by atoms with Gasteiger partial charge in [-0.25, -0.2) is 22.8 Å². The molecule has 0 amide bonds. The molecule has 3 aromatic rings. The van der Waals surface area contributed by atoms with Crippen molar-refractivity contribution in [1.82, 2.24) is 14.3 Å². The van der Waals surface area contributed by atoms with Crippen molar-refractivity contribution in [2.45, 2.75) is 4.90 Å². The van der Waals surface area contributed by atoms with Crippen LogP contribution in [0.15, 0.2) is 41.4 Å². The molecule has 0 bridgehead atoms. The minimum Gasteiger partial charge on any atom is -0.345 e. The van der Waals surface area contributed by atoms with E-state index >= 15 is 0 Å². The molecule has 0 aliphatic carbocycles. The number of fused-ring (bicyclic) bond motifs is 1. The number of halogens is 2. The van der Waals surface area contributed by atoms with Crippen LogP contribution in [0.1, 0.15) is 0 Å². The van der Waals surface area contributed by atoms with Crippen molar-refractivity contribution in [2.75, 3.05) is 31.1 Å². The minimum atomic E-state index is -3.71. The first-order valence-corrected chi connectivity index (χ1v) is 10.5. The van der Waals surface area contributed by atoms with Gasteiger partial charge in [0.05, 0.1) is 9.92 Å². The van der Waals surface area contributed by atoms with E-state index in [1.807, 2.05) is 12.1 Å². The number of hydrogen-bond donors (Lipinski definition) is 0. The second-order valence-corrected chi connectivity index (χ2v) is 9.09. The van der Waals surface area contributed by atoms with Crippen molar-refractivity contribution >= 4 is 48.4 Å². The number of hydrogen-bond acceptors (Lipinski definition) is 6. The molecule has 4 rings (SSSR count). The number of thiazole rings is 1. The number of benzene rings is 1. The van der Waals surface area contributed by atoms with Crippen LogP contribution in [0.2, 0.25) is 5.02 Å². The Kier molecular flexibility index (Phi) is 4.55. The molecule has 10 heteroatoms. The predicted octanol–water partition coefficient (Wildman–Crippen LogP) is 2.99. The molecule has 1 aliphatic heterocycles. The van der Waals surface area contributed by atoms with E-state index in [9.17, 15) is 12.8 Å².